The Kier molecular flexibility index (Phi) is 8.39. The number of hydrogen-bond acceptors (Lipinski definition) is 3. The van der Waals surface area contributed by atoms with E-state index in [1.165, 1.54) is 58.8 Å². The van der Waals surface area contributed by atoms with Crippen LogP contribution in [0.5, 0.6) is 0 Å². The average Bonchev–Trinajstić information content (AvgIpc) is 3.91. The maximum atomic E-state index is 6.63. The fraction of sp³-hybridized carbons (Fsp3) is 0. The molecule has 0 aliphatic heterocycles. The average molecular weight is 796 g/mol. The van der Waals surface area contributed by atoms with E-state index in [0.29, 0.717) is 0 Å². The predicted octanol–water partition coefficient (Wildman–Crippen LogP) is 17.2. The van der Waals surface area contributed by atoms with Crippen LogP contribution in [-0.2, 0) is 0 Å². The number of benzene rings is 10. The van der Waals surface area contributed by atoms with Gasteiger partial charge in [-0.3, -0.25) is 0 Å². The predicted molar refractivity (Wildman–Crippen MR) is 261 cm³/mol. The summed E-state index contributed by atoms with van der Waals surface area (Å²) < 4.78 is 9.27. The Bertz CT molecular complexity index is 3610. The first-order valence-corrected chi connectivity index (χ1v) is 21.6. The van der Waals surface area contributed by atoms with E-state index in [-0.39, 0.29) is 0 Å². The van der Waals surface area contributed by atoms with E-state index in [1.807, 2.05) is 17.4 Å². The van der Waals surface area contributed by atoms with Crippen LogP contribution in [0, 0.1) is 0 Å². The van der Waals surface area contributed by atoms with Crippen molar-refractivity contribution in [1.29, 1.82) is 0 Å². The minimum absolute atomic E-state index is 0.891. The first-order valence-electron chi connectivity index (χ1n) is 20.7. The molecule has 0 atom stereocenters. The minimum Gasteiger partial charge on any atom is -0.455 e. The Morgan fingerprint density at radius 3 is 1.87 bits per heavy atom. The van der Waals surface area contributed by atoms with Crippen LogP contribution in [0.3, 0.4) is 0 Å². The summed E-state index contributed by atoms with van der Waals surface area (Å²) in [6, 6.07) is 81.2. The van der Waals surface area contributed by atoms with Gasteiger partial charge in [-0.15, -0.1) is 11.3 Å². The number of anilines is 3. The van der Waals surface area contributed by atoms with Gasteiger partial charge >= 0.3 is 0 Å². The monoisotopic (exact) mass is 795 g/mol. The molecule has 12 aromatic rings. The molecule has 0 N–H and O–H groups in total. The van der Waals surface area contributed by atoms with Crippen molar-refractivity contribution in [3.63, 3.8) is 0 Å². The Morgan fingerprint density at radius 1 is 0.344 bits per heavy atom. The lowest BCUT2D eigenvalue weighted by Gasteiger charge is -2.28. The number of para-hydroxylation sites is 3. The van der Waals surface area contributed by atoms with E-state index < -0.39 is 0 Å². The van der Waals surface area contributed by atoms with Crippen molar-refractivity contribution in [2.45, 2.75) is 0 Å². The number of rotatable bonds is 7. The van der Waals surface area contributed by atoms with E-state index in [1.54, 1.807) is 0 Å². The van der Waals surface area contributed by atoms with Crippen molar-refractivity contribution < 1.29 is 4.42 Å². The summed E-state index contributed by atoms with van der Waals surface area (Å²) in [7, 11) is 0. The molecule has 12 rings (SSSR count). The molecule has 0 unspecified atom stereocenters. The van der Waals surface area contributed by atoms with Gasteiger partial charge in [0.2, 0.25) is 0 Å². The first kappa shape index (κ1) is 35.2. The minimum atomic E-state index is 0.891. The maximum Gasteiger partial charge on any atom is 0.143 e. The quantitative estimate of drug-likeness (QED) is 0.160. The SMILES string of the molecule is c1cc(-c2cccc(N(c3ccc(-c4ccc5ccccc5c4)cc3)c3ccccc3-c3cccc4c3oc3ccccc34)c2)cc(-c2cccc3c2sc2ccccc23)c1. The molecule has 0 saturated carbocycles. The van der Waals surface area contributed by atoms with Crippen LogP contribution in [0.4, 0.5) is 17.1 Å². The van der Waals surface area contributed by atoms with Crippen LogP contribution >= 0.6 is 11.3 Å². The summed E-state index contributed by atoms with van der Waals surface area (Å²) in [6.07, 6.45) is 0. The van der Waals surface area contributed by atoms with E-state index >= 15 is 0 Å². The van der Waals surface area contributed by atoms with E-state index in [4.69, 9.17) is 4.42 Å². The van der Waals surface area contributed by atoms with Crippen LogP contribution in [0.25, 0.3) is 97.4 Å². The topological polar surface area (TPSA) is 16.4 Å². The van der Waals surface area contributed by atoms with Gasteiger partial charge in [-0.1, -0.05) is 170 Å². The molecular formula is C58H37NOS. The molecule has 0 radical (unpaired) electrons. The van der Waals surface area contributed by atoms with Crippen molar-refractivity contribution >= 4 is 81.3 Å². The molecule has 2 heterocycles. The molecule has 0 amide bonds. The van der Waals surface area contributed by atoms with Crippen LogP contribution in [-0.4, -0.2) is 0 Å². The molecule has 0 fully saturated rings. The van der Waals surface area contributed by atoms with Crippen molar-refractivity contribution in [3.8, 4) is 44.5 Å². The second-order valence-corrected chi connectivity index (χ2v) is 16.7. The molecule has 0 spiro atoms. The highest BCUT2D eigenvalue weighted by Crippen LogP contribution is 2.46. The molecule has 0 aliphatic rings. The highest BCUT2D eigenvalue weighted by molar-refractivity contribution is 7.26. The van der Waals surface area contributed by atoms with Crippen molar-refractivity contribution in [2.24, 2.45) is 0 Å². The van der Waals surface area contributed by atoms with E-state index in [9.17, 15) is 0 Å². The van der Waals surface area contributed by atoms with Gasteiger partial charge in [0.15, 0.2) is 0 Å². The summed E-state index contributed by atoms with van der Waals surface area (Å²) in [5.41, 5.74) is 14.3. The fourth-order valence-corrected chi connectivity index (χ4v) is 10.4. The largest absolute Gasteiger partial charge is 0.455 e. The highest BCUT2D eigenvalue weighted by atomic mass is 32.1. The molecule has 0 bridgehead atoms. The lowest BCUT2D eigenvalue weighted by molar-refractivity contribution is 0.670. The van der Waals surface area contributed by atoms with E-state index in [0.717, 1.165) is 55.7 Å². The molecule has 3 heteroatoms. The van der Waals surface area contributed by atoms with Crippen LogP contribution in [0.1, 0.15) is 0 Å². The first-order chi connectivity index (χ1) is 30.2. The van der Waals surface area contributed by atoms with Gasteiger partial charge < -0.3 is 9.32 Å². The molecule has 2 nitrogen and oxygen atoms in total. The van der Waals surface area contributed by atoms with Crippen LogP contribution < -0.4 is 4.90 Å². The molecule has 61 heavy (non-hydrogen) atoms. The third kappa shape index (κ3) is 6.09. The summed E-state index contributed by atoms with van der Waals surface area (Å²) in [5, 5.41) is 7.34. The summed E-state index contributed by atoms with van der Waals surface area (Å²) in [5.74, 6) is 0. The van der Waals surface area contributed by atoms with Crippen molar-refractivity contribution in [2.75, 3.05) is 4.90 Å². The zero-order valence-electron chi connectivity index (χ0n) is 33.1. The third-order valence-corrected chi connectivity index (χ3v) is 13.3. The molecule has 2 aromatic heterocycles. The Balaban J connectivity index is 1.00. The molecule has 286 valence electrons. The van der Waals surface area contributed by atoms with Gasteiger partial charge in [-0.2, -0.15) is 0 Å². The fourth-order valence-electron chi connectivity index (χ4n) is 9.12. The number of nitrogens with zero attached hydrogens (tertiary/aromatic N) is 1. The van der Waals surface area contributed by atoms with Crippen LogP contribution in [0.2, 0.25) is 0 Å². The zero-order valence-corrected chi connectivity index (χ0v) is 33.9. The smallest absolute Gasteiger partial charge is 0.143 e. The molecule has 10 aromatic carbocycles. The summed E-state index contributed by atoms with van der Waals surface area (Å²) in [6.45, 7) is 0. The lowest BCUT2D eigenvalue weighted by atomic mass is 9.96. The van der Waals surface area contributed by atoms with Crippen molar-refractivity contribution in [1.82, 2.24) is 0 Å². The third-order valence-electron chi connectivity index (χ3n) is 12.1. The Morgan fingerprint density at radius 2 is 0.967 bits per heavy atom. The van der Waals surface area contributed by atoms with Crippen LogP contribution in [0.15, 0.2) is 229 Å². The number of hydrogen-bond donors (Lipinski definition) is 0. The number of furan rings is 1. The normalized spacial score (nSPS) is 11.6. The van der Waals surface area contributed by atoms with Gasteiger partial charge in [0.05, 0.1) is 5.69 Å². The van der Waals surface area contributed by atoms with Gasteiger partial charge in [-0.25, -0.2) is 0 Å². The second kappa shape index (κ2) is 14.5. The zero-order chi connectivity index (χ0) is 40.3. The number of thiophene rings is 1. The second-order valence-electron chi connectivity index (χ2n) is 15.7. The molecule has 0 aliphatic carbocycles. The molecule has 0 saturated heterocycles. The maximum absolute atomic E-state index is 6.63. The summed E-state index contributed by atoms with van der Waals surface area (Å²) in [4.78, 5) is 2.40. The highest BCUT2D eigenvalue weighted by Gasteiger charge is 2.21. The number of fused-ring (bicyclic) bond motifs is 7. The van der Waals surface area contributed by atoms with E-state index in [2.05, 4.69) is 223 Å². The molecular weight excluding hydrogens is 759 g/mol. The van der Waals surface area contributed by atoms with Crippen molar-refractivity contribution in [3.05, 3.63) is 224 Å². The Hall–Kier alpha value is -7.72. The van der Waals surface area contributed by atoms with Gasteiger partial charge in [-0.05, 0) is 98.8 Å². The summed E-state index contributed by atoms with van der Waals surface area (Å²) >= 11 is 1.87. The van der Waals surface area contributed by atoms with Gasteiger partial charge in [0.25, 0.3) is 0 Å². The standard InChI is InChI=1S/C58H37NOS/c1-2-14-40-35-43(30-29-38(40)13-1)39-31-33-45(34-32-39)59(54-26-6-3-19-48(54)51-23-12-24-52-49-20-4-7-27-55(49)60-57(51)52)46-18-10-16-42(37-46)41-15-9-17-44(36-41)47-22-11-25-53-50-21-5-8-28-56(50)61-58(47)53/h1-37H. The van der Waals surface area contributed by atoms with Gasteiger partial charge in [0, 0.05) is 53.4 Å². The Labute approximate surface area is 357 Å². The lowest BCUT2D eigenvalue weighted by Crippen LogP contribution is -2.11. The van der Waals surface area contributed by atoms with Gasteiger partial charge in [0.1, 0.15) is 11.2 Å².